The van der Waals surface area contributed by atoms with Gasteiger partial charge in [-0.1, -0.05) is 20.8 Å². The maximum absolute atomic E-state index is 5.62. The van der Waals surface area contributed by atoms with Crippen LogP contribution >= 0.6 is 11.3 Å². The second-order valence-electron chi connectivity index (χ2n) is 4.99. The summed E-state index contributed by atoms with van der Waals surface area (Å²) < 4.78 is 11.1. The molecule has 0 aliphatic carbocycles. The van der Waals surface area contributed by atoms with Crippen molar-refractivity contribution in [1.29, 1.82) is 0 Å². The van der Waals surface area contributed by atoms with Gasteiger partial charge in [0.1, 0.15) is 5.69 Å². The molecule has 1 fully saturated rings. The van der Waals surface area contributed by atoms with Crippen molar-refractivity contribution >= 4 is 11.3 Å². The van der Waals surface area contributed by atoms with Gasteiger partial charge in [-0.2, -0.15) is 0 Å². The maximum atomic E-state index is 5.62. The van der Waals surface area contributed by atoms with Crippen LogP contribution in [-0.4, -0.2) is 24.2 Å². The second-order valence-corrected chi connectivity index (χ2v) is 5.84. The molecule has 2 N–H and O–H groups in total. The van der Waals surface area contributed by atoms with Gasteiger partial charge in [0.15, 0.2) is 0 Å². The van der Waals surface area contributed by atoms with Crippen molar-refractivity contribution in [3.63, 3.8) is 0 Å². The van der Waals surface area contributed by atoms with E-state index >= 15 is 0 Å². The van der Waals surface area contributed by atoms with Gasteiger partial charge in [0.25, 0.3) is 0 Å². The van der Waals surface area contributed by atoms with Crippen LogP contribution in [0.15, 0.2) is 5.38 Å². The van der Waals surface area contributed by atoms with E-state index < -0.39 is 0 Å². The number of rotatable bonds is 2. The fourth-order valence-electron chi connectivity index (χ4n) is 1.47. The summed E-state index contributed by atoms with van der Waals surface area (Å²) in [7, 11) is 0. The average Bonchev–Trinajstić information content (AvgIpc) is 2.85. The summed E-state index contributed by atoms with van der Waals surface area (Å²) in [6, 6.07) is 0. The van der Waals surface area contributed by atoms with E-state index in [9.17, 15) is 0 Å². The predicted molar refractivity (Wildman–Crippen MR) is 63.4 cm³/mol. The Morgan fingerprint density at radius 3 is 2.81 bits per heavy atom. The molecule has 1 aromatic rings. The van der Waals surface area contributed by atoms with Gasteiger partial charge in [-0.15, -0.1) is 11.3 Å². The highest BCUT2D eigenvalue weighted by molar-refractivity contribution is 7.09. The molecule has 2 unspecified atom stereocenters. The zero-order valence-electron chi connectivity index (χ0n) is 9.90. The molecule has 4 nitrogen and oxygen atoms in total. The molecular weight excluding hydrogens is 224 g/mol. The van der Waals surface area contributed by atoms with Gasteiger partial charge in [0.2, 0.25) is 6.29 Å². The summed E-state index contributed by atoms with van der Waals surface area (Å²) in [6.07, 6.45) is -0.328. The molecule has 0 bridgehead atoms. The van der Waals surface area contributed by atoms with Crippen molar-refractivity contribution < 1.29 is 9.47 Å². The Morgan fingerprint density at radius 1 is 1.56 bits per heavy atom. The number of nitrogens with zero attached hydrogens (tertiary/aromatic N) is 1. The average molecular weight is 242 g/mol. The normalized spacial score (nSPS) is 26.2. The molecule has 0 radical (unpaired) electrons. The fraction of sp³-hybridized carbons (Fsp3) is 0.727. The molecule has 0 amide bonds. The third kappa shape index (κ3) is 2.43. The van der Waals surface area contributed by atoms with Crippen LogP contribution in [0.5, 0.6) is 0 Å². The van der Waals surface area contributed by atoms with Gasteiger partial charge in [-0.3, -0.25) is 0 Å². The number of thiazole rings is 1. The SMILES string of the molecule is CC(C)(C)c1nc(C2OCC(CN)O2)cs1. The first-order chi connectivity index (χ1) is 7.50. The van der Waals surface area contributed by atoms with E-state index in [4.69, 9.17) is 15.2 Å². The molecule has 2 atom stereocenters. The summed E-state index contributed by atoms with van der Waals surface area (Å²) in [5.41, 5.74) is 6.47. The van der Waals surface area contributed by atoms with Crippen LogP contribution in [0.4, 0.5) is 0 Å². The highest BCUT2D eigenvalue weighted by atomic mass is 32.1. The topological polar surface area (TPSA) is 57.4 Å². The van der Waals surface area contributed by atoms with E-state index in [0.717, 1.165) is 10.7 Å². The molecule has 1 aliphatic rings. The Kier molecular flexibility index (Phi) is 3.30. The first-order valence-corrected chi connectivity index (χ1v) is 6.31. The third-order valence-electron chi connectivity index (χ3n) is 2.42. The van der Waals surface area contributed by atoms with Gasteiger partial charge in [-0.25, -0.2) is 4.98 Å². The largest absolute Gasteiger partial charge is 0.344 e. The first-order valence-electron chi connectivity index (χ1n) is 5.43. The smallest absolute Gasteiger partial charge is 0.202 e. The van der Waals surface area contributed by atoms with Crippen molar-refractivity contribution in [2.24, 2.45) is 5.73 Å². The van der Waals surface area contributed by atoms with Crippen LogP contribution in [0.3, 0.4) is 0 Å². The van der Waals surface area contributed by atoms with Crippen molar-refractivity contribution in [3.05, 3.63) is 16.1 Å². The maximum Gasteiger partial charge on any atom is 0.202 e. The van der Waals surface area contributed by atoms with Gasteiger partial charge in [0.05, 0.1) is 17.7 Å². The number of nitrogens with two attached hydrogens (primary N) is 1. The van der Waals surface area contributed by atoms with Crippen molar-refractivity contribution in [2.45, 2.75) is 38.6 Å². The molecule has 0 spiro atoms. The van der Waals surface area contributed by atoms with Gasteiger partial charge < -0.3 is 15.2 Å². The van der Waals surface area contributed by atoms with E-state index in [1.165, 1.54) is 0 Å². The molecule has 2 rings (SSSR count). The molecule has 0 aromatic carbocycles. The quantitative estimate of drug-likeness (QED) is 0.859. The molecule has 16 heavy (non-hydrogen) atoms. The van der Waals surface area contributed by atoms with Gasteiger partial charge in [0, 0.05) is 17.3 Å². The van der Waals surface area contributed by atoms with Crippen LogP contribution < -0.4 is 5.73 Å². The summed E-state index contributed by atoms with van der Waals surface area (Å²) in [6.45, 7) is 7.49. The van der Waals surface area contributed by atoms with Gasteiger partial charge >= 0.3 is 0 Å². The van der Waals surface area contributed by atoms with Crippen LogP contribution in [-0.2, 0) is 14.9 Å². The Balaban J connectivity index is 2.08. The number of hydrogen-bond donors (Lipinski definition) is 1. The minimum absolute atomic E-state index is 0.00443. The Morgan fingerprint density at radius 2 is 2.31 bits per heavy atom. The van der Waals surface area contributed by atoms with E-state index in [1.54, 1.807) is 11.3 Å². The number of hydrogen-bond acceptors (Lipinski definition) is 5. The molecule has 1 saturated heterocycles. The Labute approximate surface area is 99.8 Å². The van der Waals surface area contributed by atoms with E-state index in [0.29, 0.717) is 13.2 Å². The Bertz CT molecular complexity index is 359. The third-order valence-corrected chi connectivity index (χ3v) is 3.70. The lowest BCUT2D eigenvalue weighted by molar-refractivity contribution is -0.0612. The zero-order chi connectivity index (χ0) is 11.8. The van der Waals surface area contributed by atoms with E-state index in [1.807, 2.05) is 5.38 Å². The molecule has 2 heterocycles. The standard InChI is InChI=1S/C11H18N2O2S/c1-11(2,3)10-13-8(6-16-10)9-14-5-7(4-12)15-9/h6-7,9H,4-5,12H2,1-3H3. The first kappa shape index (κ1) is 12.0. The van der Waals surface area contributed by atoms with Crippen LogP contribution in [0.2, 0.25) is 0 Å². The molecule has 5 heteroatoms. The molecule has 1 aromatic heterocycles. The molecular formula is C11H18N2O2S. The summed E-state index contributed by atoms with van der Waals surface area (Å²) >= 11 is 1.65. The van der Waals surface area contributed by atoms with Crippen molar-refractivity contribution in [2.75, 3.05) is 13.2 Å². The van der Waals surface area contributed by atoms with Crippen molar-refractivity contribution in [1.82, 2.24) is 4.98 Å². The fourth-order valence-corrected chi connectivity index (χ4v) is 2.37. The van der Waals surface area contributed by atoms with Crippen LogP contribution in [0.25, 0.3) is 0 Å². The Hall–Kier alpha value is -0.490. The minimum atomic E-state index is -0.333. The molecule has 90 valence electrons. The highest BCUT2D eigenvalue weighted by Crippen LogP contribution is 2.31. The highest BCUT2D eigenvalue weighted by Gasteiger charge is 2.29. The number of ether oxygens (including phenoxy) is 2. The summed E-state index contributed by atoms with van der Waals surface area (Å²) in [4.78, 5) is 4.56. The lowest BCUT2D eigenvalue weighted by Gasteiger charge is -2.14. The second kappa shape index (κ2) is 4.41. The lowest BCUT2D eigenvalue weighted by atomic mass is 9.98. The molecule has 1 aliphatic heterocycles. The predicted octanol–water partition coefficient (Wildman–Crippen LogP) is 1.81. The van der Waals surface area contributed by atoms with Crippen LogP contribution in [0, 0.1) is 0 Å². The van der Waals surface area contributed by atoms with Crippen LogP contribution in [0.1, 0.15) is 37.8 Å². The van der Waals surface area contributed by atoms with Gasteiger partial charge in [-0.05, 0) is 0 Å². The number of aromatic nitrogens is 1. The minimum Gasteiger partial charge on any atom is -0.344 e. The van der Waals surface area contributed by atoms with E-state index in [-0.39, 0.29) is 17.8 Å². The lowest BCUT2D eigenvalue weighted by Crippen LogP contribution is -2.21. The molecule has 0 saturated carbocycles. The summed E-state index contributed by atoms with van der Waals surface area (Å²) in [5, 5.41) is 3.11. The zero-order valence-corrected chi connectivity index (χ0v) is 10.7. The monoisotopic (exact) mass is 242 g/mol. The van der Waals surface area contributed by atoms with E-state index in [2.05, 4.69) is 25.8 Å². The summed E-state index contributed by atoms with van der Waals surface area (Å²) in [5.74, 6) is 0. The van der Waals surface area contributed by atoms with Crippen molar-refractivity contribution in [3.8, 4) is 0 Å².